The Morgan fingerprint density at radius 1 is 1.41 bits per heavy atom. The molecule has 2 saturated heterocycles. The minimum atomic E-state index is -0.659. The summed E-state index contributed by atoms with van der Waals surface area (Å²) < 4.78 is 13.4. The van der Waals surface area contributed by atoms with Gasteiger partial charge in [0, 0.05) is 37.1 Å². The fourth-order valence-corrected chi connectivity index (χ4v) is 4.70. The predicted molar refractivity (Wildman–Crippen MR) is 123 cm³/mol. The first-order valence-electron chi connectivity index (χ1n) is 9.43. The number of hydrogen-bond donors (Lipinski definition) is 3. The van der Waals surface area contributed by atoms with E-state index in [-0.39, 0.29) is 29.8 Å². The molecular formula is C19H30FIN4OS. The first kappa shape index (κ1) is 22.5. The zero-order valence-corrected chi connectivity index (χ0v) is 18.9. The van der Waals surface area contributed by atoms with Gasteiger partial charge in [-0.2, -0.15) is 11.8 Å². The van der Waals surface area contributed by atoms with Gasteiger partial charge in [0.2, 0.25) is 0 Å². The van der Waals surface area contributed by atoms with E-state index in [1.165, 1.54) is 6.07 Å². The van der Waals surface area contributed by atoms with Crippen LogP contribution >= 0.6 is 35.7 Å². The van der Waals surface area contributed by atoms with E-state index in [1.807, 2.05) is 13.0 Å². The van der Waals surface area contributed by atoms with E-state index < -0.39 is 5.60 Å². The summed E-state index contributed by atoms with van der Waals surface area (Å²) in [5.74, 6) is 2.37. The quantitative estimate of drug-likeness (QED) is 0.325. The number of thioether (sulfide) groups is 1. The minimum Gasteiger partial charge on any atom is -0.387 e. The van der Waals surface area contributed by atoms with Gasteiger partial charge in [-0.25, -0.2) is 4.39 Å². The van der Waals surface area contributed by atoms with Gasteiger partial charge in [-0.3, -0.25) is 4.99 Å². The number of nitrogens with one attached hydrogen (secondary N) is 2. The Balaban J connectivity index is 0.00000261. The van der Waals surface area contributed by atoms with E-state index in [4.69, 9.17) is 0 Å². The Hall–Kier alpha value is -0.740. The number of aliphatic hydroxyl groups is 1. The Morgan fingerprint density at radius 3 is 2.81 bits per heavy atom. The number of halogens is 2. The molecule has 3 rings (SSSR count). The third-order valence-corrected chi connectivity index (χ3v) is 6.20. The van der Waals surface area contributed by atoms with E-state index in [9.17, 15) is 9.50 Å². The lowest BCUT2D eigenvalue weighted by Crippen LogP contribution is -2.49. The fourth-order valence-electron chi connectivity index (χ4n) is 3.42. The van der Waals surface area contributed by atoms with Crippen LogP contribution in [0.3, 0.4) is 0 Å². The molecule has 1 aromatic rings. The number of aliphatic imine (C=N–C) groups is 1. The van der Waals surface area contributed by atoms with Crippen molar-refractivity contribution in [3.8, 4) is 0 Å². The molecular weight excluding hydrogens is 478 g/mol. The maximum Gasteiger partial charge on any atom is 0.191 e. The molecule has 1 unspecified atom stereocenters. The molecule has 152 valence electrons. The van der Waals surface area contributed by atoms with Gasteiger partial charge in [0.05, 0.1) is 12.1 Å². The molecule has 2 aliphatic heterocycles. The van der Waals surface area contributed by atoms with Crippen molar-refractivity contribution >= 4 is 47.4 Å². The first-order chi connectivity index (χ1) is 12.6. The van der Waals surface area contributed by atoms with Gasteiger partial charge < -0.3 is 20.6 Å². The third kappa shape index (κ3) is 6.67. The van der Waals surface area contributed by atoms with Crippen LogP contribution in [0.5, 0.6) is 0 Å². The summed E-state index contributed by atoms with van der Waals surface area (Å²) in [6, 6.07) is 7.14. The predicted octanol–water partition coefficient (Wildman–Crippen LogP) is 2.84. The molecule has 2 fully saturated rings. The number of benzene rings is 1. The highest BCUT2D eigenvalue weighted by molar-refractivity contribution is 14.0. The molecule has 27 heavy (non-hydrogen) atoms. The third-order valence-electron chi connectivity index (χ3n) is 4.97. The summed E-state index contributed by atoms with van der Waals surface area (Å²) >= 11 is 1.79. The average Bonchev–Trinajstić information content (AvgIpc) is 3.08. The summed E-state index contributed by atoms with van der Waals surface area (Å²) in [6.45, 7) is 5.06. The van der Waals surface area contributed by atoms with Crippen molar-refractivity contribution in [3.05, 3.63) is 30.1 Å². The molecule has 0 bridgehead atoms. The van der Waals surface area contributed by atoms with Crippen LogP contribution in [0.15, 0.2) is 29.3 Å². The Labute approximate surface area is 182 Å². The molecule has 1 atom stereocenters. The van der Waals surface area contributed by atoms with Crippen molar-refractivity contribution in [1.29, 1.82) is 0 Å². The van der Waals surface area contributed by atoms with Crippen molar-refractivity contribution < 1.29 is 9.50 Å². The summed E-state index contributed by atoms with van der Waals surface area (Å²) in [4.78, 5) is 6.84. The topological polar surface area (TPSA) is 59.9 Å². The van der Waals surface area contributed by atoms with E-state index in [1.54, 1.807) is 23.9 Å². The zero-order chi connectivity index (χ0) is 18.4. The van der Waals surface area contributed by atoms with Gasteiger partial charge in [0.1, 0.15) is 5.82 Å². The zero-order valence-electron chi connectivity index (χ0n) is 15.8. The second-order valence-electron chi connectivity index (χ2n) is 7.11. The number of hydrogen-bond acceptors (Lipinski definition) is 4. The van der Waals surface area contributed by atoms with Crippen LogP contribution < -0.4 is 15.5 Å². The van der Waals surface area contributed by atoms with Crippen molar-refractivity contribution in [2.24, 2.45) is 4.99 Å². The normalized spacial score (nSPS) is 23.8. The van der Waals surface area contributed by atoms with Crippen LogP contribution in [-0.2, 0) is 0 Å². The second-order valence-corrected chi connectivity index (χ2v) is 8.21. The van der Waals surface area contributed by atoms with Crippen LogP contribution in [0, 0.1) is 5.82 Å². The molecule has 0 amide bonds. The van der Waals surface area contributed by atoms with Crippen LogP contribution in [0.2, 0.25) is 0 Å². The molecule has 0 saturated carbocycles. The van der Waals surface area contributed by atoms with E-state index in [0.29, 0.717) is 12.6 Å². The maximum absolute atomic E-state index is 13.4. The molecule has 0 aliphatic carbocycles. The average molecular weight is 508 g/mol. The molecule has 5 nitrogen and oxygen atoms in total. The van der Waals surface area contributed by atoms with Gasteiger partial charge in [-0.05, 0) is 50.1 Å². The largest absolute Gasteiger partial charge is 0.387 e. The molecule has 2 heterocycles. The van der Waals surface area contributed by atoms with E-state index in [0.717, 1.165) is 62.0 Å². The lowest BCUT2D eigenvalue weighted by atomic mass is 10.0. The molecule has 0 aromatic heterocycles. The molecule has 3 N–H and O–H groups in total. The maximum atomic E-state index is 13.4. The smallest absolute Gasteiger partial charge is 0.191 e. The molecule has 8 heteroatoms. The van der Waals surface area contributed by atoms with E-state index >= 15 is 0 Å². The molecule has 0 radical (unpaired) electrons. The summed E-state index contributed by atoms with van der Waals surface area (Å²) in [5, 5.41) is 17.3. The Bertz CT molecular complexity index is 619. The van der Waals surface area contributed by atoms with Gasteiger partial charge in [-0.15, -0.1) is 24.0 Å². The molecule has 2 aliphatic rings. The number of guanidine groups is 1. The van der Waals surface area contributed by atoms with Gasteiger partial charge in [-0.1, -0.05) is 6.07 Å². The SMILES string of the molecule is CCNC(=NCC1(O)CCSC1)NC1CCN(c2cccc(F)c2)CC1.I. The van der Waals surface area contributed by atoms with Crippen LogP contribution in [-0.4, -0.2) is 60.4 Å². The van der Waals surface area contributed by atoms with Crippen molar-refractivity contribution in [2.75, 3.05) is 42.6 Å². The second kappa shape index (κ2) is 10.7. The van der Waals surface area contributed by atoms with Crippen molar-refractivity contribution in [3.63, 3.8) is 0 Å². The van der Waals surface area contributed by atoms with E-state index in [2.05, 4.69) is 20.5 Å². The highest BCUT2D eigenvalue weighted by Gasteiger charge is 2.31. The lowest BCUT2D eigenvalue weighted by Gasteiger charge is -2.34. The molecule has 0 spiro atoms. The highest BCUT2D eigenvalue weighted by atomic mass is 127. The number of anilines is 1. The monoisotopic (exact) mass is 508 g/mol. The first-order valence-corrected chi connectivity index (χ1v) is 10.6. The number of piperidine rings is 1. The number of rotatable bonds is 5. The Morgan fingerprint density at radius 2 is 2.19 bits per heavy atom. The van der Waals surface area contributed by atoms with Crippen molar-refractivity contribution in [1.82, 2.24) is 10.6 Å². The number of nitrogens with zero attached hydrogens (tertiary/aromatic N) is 2. The summed E-state index contributed by atoms with van der Waals surface area (Å²) in [5.41, 5.74) is 0.290. The van der Waals surface area contributed by atoms with Crippen LogP contribution in [0.1, 0.15) is 26.2 Å². The summed E-state index contributed by atoms with van der Waals surface area (Å²) in [7, 11) is 0. The summed E-state index contributed by atoms with van der Waals surface area (Å²) in [6.07, 6.45) is 2.76. The van der Waals surface area contributed by atoms with Crippen LogP contribution in [0.4, 0.5) is 10.1 Å². The van der Waals surface area contributed by atoms with Crippen LogP contribution in [0.25, 0.3) is 0 Å². The van der Waals surface area contributed by atoms with Crippen molar-refractivity contribution in [2.45, 2.75) is 37.8 Å². The highest BCUT2D eigenvalue weighted by Crippen LogP contribution is 2.28. The molecule has 1 aromatic carbocycles. The standard InChI is InChI=1S/C19H29FN4OS.HI/c1-2-21-18(22-13-19(25)8-11-26-14-19)23-16-6-9-24(10-7-16)17-5-3-4-15(20)12-17;/h3-5,12,16,25H,2,6-11,13-14H2,1H3,(H2,21,22,23);1H. The van der Waals surface area contributed by atoms with Gasteiger partial charge >= 0.3 is 0 Å². The van der Waals surface area contributed by atoms with Gasteiger partial charge in [0.25, 0.3) is 0 Å². The fraction of sp³-hybridized carbons (Fsp3) is 0.632. The minimum absolute atomic E-state index is 0. The Kier molecular flexibility index (Phi) is 8.94. The van der Waals surface area contributed by atoms with Gasteiger partial charge in [0.15, 0.2) is 5.96 Å². The lowest BCUT2D eigenvalue weighted by molar-refractivity contribution is 0.0778.